The van der Waals surface area contributed by atoms with Crippen LogP contribution in [0.3, 0.4) is 0 Å². The minimum atomic E-state index is -0.903. The number of hydrogen-bond donors (Lipinski definition) is 1. The molecule has 142 valence electrons. The molecule has 5 atom stereocenters. The van der Waals surface area contributed by atoms with Crippen molar-refractivity contribution in [1.29, 1.82) is 0 Å². The second kappa shape index (κ2) is 6.15. The molecule has 0 radical (unpaired) electrons. The van der Waals surface area contributed by atoms with Crippen molar-refractivity contribution in [2.45, 2.75) is 70.0 Å². The van der Waals surface area contributed by atoms with E-state index in [1.165, 1.54) is 0 Å². The molecule has 1 aromatic rings. The predicted molar refractivity (Wildman–Crippen MR) is 92.6 cm³/mol. The summed E-state index contributed by atoms with van der Waals surface area (Å²) in [6, 6.07) is 6.91. The first-order chi connectivity index (χ1) is 12.1. The van der Waals surface area contributed by atoms with Gasteiger partial charge in [0.15, 0.2) is 24.0 Å². The molecule has 0 spiro atoms. The number of amides is 1. The maximum atomic E-state index is 12.9. The Morgan fingerprint density at radius 3 is 2.38 bits per heavy atom. The summed E-state index contributed by atoms with van der Waals surface area (Å²) in [6.45, 7) is 7.19. The lowest BCUT2D eigenvalue weighted by Gasteiger charge is -2.36. The standard InChI is InChI=1S/C18H22ClNO6/c1-17(2)23-11-12(24-17)14-16(26-18(3,4)25-14)22-13(11)15(21)20-10-7-5-6-9(19)8-10/h5-8,11-14,16H,1-4H3,(H,20,21)/t11-,12-,13+,14+,16-/m0/s1. The van der Waals surface area contributed by atoms with Crippen LogP contribution in [-0.2, 0) is 28.5 Å². The van der Waals surface area contributed by atoms with Crippen LogP contribution in [-0.4, -0.2) is 48.2 Å². The van der Waals surface area contributed by atoms with E-state index >= 15 is 0 Å². The lowest BCUT2D eigenvalue weighted by Crippen LogP contribution is -2.58. The second-order valence-electron chi connectivity index (χ2n) is 7.59. The summed E-state index contributed by atoms with van der Waals surface area (Å²) in [5, 5.41) is 3.34. The van der Waals surface area contributed by atoms with Crippen LogP contribution in [0.2, 0.25) is 5.02 Å². The lowest BCUT2D eigenvalue weighted by molar-refractivity contribution is -0.229. The number of rotatable bonds is 2. The molecule has 3 fully saturated rings. The largest absolute Gasteiger partial charge is 0.342 e. The average molecular weight is 384 g/mol. The molecule has 0 aliphatic carbocycles. The summed E-state index contributed by atoms with van der Waals surface area (Å²) in [6.07, 6.45) is -3.16. The number of anilines is 1. The number of halogens is 1. The number of nitrogens with one attached hydrogen (secondary N) is 1. The van der Waals surface area contributed by atoms with Crippen molar-refractivity contribution in [2.75, 3.05) is 5.32 Å². The smallest absolute Gasteiger partial charge is 0.256 e. The van der Waals surface area contributed by atoms with Gasteiger partial charge < -0.3 is 29.0 Å². The lowest BCUT2D eigenvalue weighted by atomic mass is 9.98. The van der Waals surface area contributed by atoms with Crippen LogP contribution in [0.5, 0.6) is 0 Å². The summed E-state index contributed by atoms with van der Waals surface area (Å²) in [4.78, 5) is 12.9. The van der Waals surface area contributed by atoms with Gasteiger partial charge in [-0.3, -0.25) is 4.79 Å². The Hall–Kier alpha value is -1.22. The summed E-state index contributed by atoms with van der Waals surface area (Å²) in [7, 11) is 0. The molecule has 1 N–H and O–H groups in total. The first-order valence-electron chi connectivity index (χ1n) is 8.57. The van der Waals surface area contributed by atoms with Gasteiger partial charge in [0.05, 0.1) is 0 Å². The SMILES string of the molecule is CC1(C)O[C@@H]2O[C@@H](C(=O)Nc3cccc(Cl)c3)[C@H]3OC(C)(C)O[C@@H]3[C@H]2O1. The van der Waals surface area contributed by atoms with Crippen molar-refractivity contribution in [3.05, 3.63) is 29.3 Å². The minimum absolute atomic E-state index is 0.352. The highest BCUT2D eigenvalue weighted by Gasteiger charge is 2.62. The van der Waals surface area contributed by atoms with E-state index in [1.54, 1.807) is 52.0 Å². The first kappa shape index (κ1) is 18.2. The van der Waals surface area contributed by atoms with Gasteiger partial charge in [0.1, 0.15) is 18.3 Å². The van der Waals surface area contributed by atoms with Crippen LogP contribution < -0.4 is 5.32 Å². The Balaban J connectivity index is 1.58. The molecule has 0 saturated carbocycles. The van der Waals surface area contributed by atoms with Gasteiger partial charge in [0.25, 0.3) is 5.91 Å². The molecule has 0 bridgehead atoms. The van der Waals surface area contributed by atoms with Crippen molar-refractivity contribution >= 4 is 23.2 Å². The van der Waals surface area contributed by atoms with E-state index in [1.807, 2.05) is 0 Å². The van der Waals surface area contributed by atoms with Gasteiger partial charge in [-0.05, 0) is 45.9 Å². The van der Waals surface area contributed by atoms with Crippen molar-refractivity contribution in [2.24, 2.45) is 0 Å². The molecular weight excluding hydrogens is 362 g/mol. The van der Waals surface area contributed by atoms with Crippen molar-refractivity contribution < 1.29 is 28.5 Å². The van der Waals surface area contributed by atoms with E-state index in [9.17, 15) is 4.79 Å². The van der Waals surface area contributed by atoms with E-state index in [2.05, 4.69) is 5.32 Å². The first-order valence-corrected chi connectivity index (χ1v) is 8.95. The number of hydrogen-bond acceptors (Lipinski definition) is 6. The Labute approximate surface area is 156 Å². The van der Waals surface area contributed by atoms with E-state index in [0.717, 1.165) is 0 Å². The minimum Gasteiger partial charge on any atom is -0.342 e. The molecule has 7 nitrogen and oxygen atoms in total. The van der Waals surface area contributed by atoms with E-state index < -0.39 is 42.3 Å². The molecule has 3 saturated heterocycles. The van der Waals surface area contributed by atoms with E-state index in [-0.39, 0.29) is 5.91 Å². The van der Waals surface area contributed by atoms with Crippen molar-refractivity contribution in [3.63, 3.8) is 0 Å². The van der Waals surface area contributed by atoms with Crippen LogP contribution >= 0.6 is 11.6 Å². The Kier molecular flexibility index (Phi) is 4.30. The fourth-order valence-electron chi connectivity index (χ4n) is 3.60. The Bertz CT molecular complexity index is 723. The highest BCUT2D eigenvalue weighted by Crippen LogP contribution is 2.44. The summed E-state index contributed by atoms with van der Waals surface area (Å²) in [5.41, 5.74) is 0.576. The molecule has 3 heterocycles. The number of carbonyl (C=O) groups is 1. The molecule has 26 heavy (non-hydrogen) atoms. The molecule has 0 unspecified atom stereocenters. The van der Waals surface area contributed by atoms with E-state index in [4.69, 9.17) is 35.3 Å². The third kappa shape index (κ3) is 3.35. The predicted octanol–water partition coefficient (Wildman–Crippen LogP) is 2.68. The van der Waals surface area contributed by atoms with Gasteiger partial charge in [-0.2, -0.15) is 0 Å². The van der Waals surface area contributed by atoms with E-state index in [0.29, 0.717) is 10.7 Å². The maximum Gasteiger partial charge on any atom is 0.256 e. The van der Waals surface area contributed by atoms with Gasteiger partial charge >= 0.3 is 0 Å². The normalized spacial score (nSPS) is 37.0. The monoisotopic (exact) mass is 383 g/mol. The maximum absolute atomic E-state index is 12.9. The molecule has 3 aliphatic rings. The third-order valence-corrected chi connectivity index (χ3v) is 4.74. The average Bonchev–Trinajstić information content (AvgIpc) is 3.00. The topological polar surface area (TPSA) is 75.3 Å². The molecule has 0 aromatic heterocycles. The number of carbonyl (C=O) groups excluding carboxylic acids is 1. The second-order valence-corrected chi connectivity index (χ2v) is 8.03. The number of benzene rings is 1. The van der Waals surface area contributed by atoms with Crippen molar-refractivity contribution in [1.82, 2.24) is 0 Å². The zero-order chi connectivity index (χ0) is 18.7. The van der Waals surface area contributed by atoms with Crippen LogP contribution in [0, 0.1) is 0 Å². The fourth-order valence-corrected chi connectivity index (χ4v) is 3.79. The zero-order valence-corrected chi connectivity index (χ0v) is 15.8. The van der Waals surface area contributed by atoms with Crippen molar-refractivity contribution in [3.8, 4) is 0 Å². The zero-order valence-electron chi connectivity index (χ0n) is 15.0. The third-order valence-electron chi connectivity index (χ3n) is 4.51. The number of fused-ring (bicyclic) bond motifs is 3. The molecule has 4 rings (SSSR count). The molecule has 1 aromatic carbocycles. The van der Waals surface area contributed by atoms with Crippen LogP contribution in [0.25, 0.3) is 0 Å². The Morgan fingerprint density at radius 1 is 1.00 bits per heavy atom. The van der Waals surface area contributed by atoms with Gasteiger partial charge in [-0.15, -0.1) is 0 Å². The molecular formula is C18H22ClNO6. The highest BCUT2D eigenvalue weighted by molar-refractivity contribution is 6.30. The van der Waals surface area contributed by atoms with Crippen LogP contribution in [0.1, 0.15) is 27.7 Å². The molecule has 1 amide bonds. The summed E-state index contributed by atoms with van der Waals surface area (Å²) in [5.74, 6) is -2.03. The quantitative estimate of drug-likeness (QED) is 0.846. The van der Waals surface area contributed by atoms with Gasteiger partial charge in [0, 0.05) is 10.7 Å². The Morgan fingerprint density at radius 2 is 1.65 bits per heavy atom. The number of ether oxygens (including phenoxy) is 5. The molecule has 8 heteroatoms. The highest BCUT2D eigenvalue weighted by atomic mass is 35.5. The summed E-state index contributed by atoms with van der Waals surface area (Å²) >= 11 is 5.98. The van der Waals surface area contributed by atoms with Crippen LogP contribution in [0.15, 0.2) is 24.3 Å². The van der Waals surface area contributed by atoms with Gasteiger partial charge in [0.2, 0.25) is 0 Å². The fraction of sp³-hybridized carbons (Fsp3) is 0.611. The van der Waals surface area contributed by atoms with Gasteiger partial charge in [-0.25, -0.2) is 0 Å². The molecule has 3 aliphatic heterocycles. The van der Waals surface area contributed by atoms with Gasteiger partial charge in [-0.1, -0.05) is 17.7 Å². The summed E-state index contributed by atoms with van der Waals surface area (Å²) < 4.78 is 29.6. The van der Waals surface area contributed by atoms with Crippen LogP contribution in [0.4, 0.5) is 5.69 Å².